The van der Waals surface area contributed by atoms with Crippen molar-refractivity contribution in [3.63, 3.8) is 0 Å². The number of benzene rings is 1. The predicted octanol–water partition coefficient (Wildman–Crippen LogP) is 1.25. The van der Waals surface area contributed by atoms with E-state index < -0.39 is 11.9 Å². The third-order valence-electron chi connectivity index (χ3n) is 1.74. The monoisotopic (exact) mass is 248 g/mol. The Bertz CT molecular complexity index is 319. The topological polar surface area (TPSA) is 72.3 Å². The summed E-state index contributed by atoms with van der Waals surface area (Å²) in [6, 6.07) is 1.96. The van der Waals surface area contributed by atoms with Crippen LogP contribution in [0.25, 0.3) is 0 Å². The van der Waals surface area contributed by atoms with E-state index in [0.29, 0.717) is 4.47 Å². The smallest absolute Gasteiger partial charge is 0.137 e. The summed E-state index contributed by atoms with van der Waals surface area (Å²) in [6.45, 7) is 0.0843. The van der Waals surface area contributed by atoms with Gasteiger partial charge in [-0.15, -0.1) is 0 Å². The van der Waals surface area contributed by atoms with Gasteiger partial charge >= 0.3 is 0 Å². The van der Waals surface area contributed by atoms with Crippen LogP contribution in [0.3, 0.4) is 0 Å². The van der Waals surface area contributed by atoms with E-state index in [1.165, 1.54) is 12.1 Å². The normalized spacial score (nSPS) is 12.9. The molecule has 0 spiro atoms. The van der Waals surface area contributed by atoms with Gasteiger partial charge in [0.1, 0.15) is 11.6 Å². The van der Waals surface area contributed by atoms with Gasteiger partial charge in [-0.1, -0.05) is 0 Å². The van der Waals surface area contributed by atoms with Crippen molar-refractivity contribution in [3.8, 4) is 5.75 Å². The molecule has 0 aliphatic rings. The molecule has 0 amide bonds. The van der Waals surface area contributed by atoms with E-state index in [1.807, 2.05) is 0 Å². The molecule has 1 atom stereocenters. The van der Waals surface area contributed by atoms with Gasteiger partial charge in [-0.25, -0.2) is 4.39 Å². The molecule has 1 rings (SSSR count). The van der Waals surface area contributed by atoms with Crippen LogP contribution in [-0.2, 0) is 0 Å². The molecular formula is C8H10BrFN2O. The quantitative estimate of drug-likeness (QED) is 0.738. The zero-order valence-electron chi connectivity index (χ0n) is 6.80. The van der Waals surface area contributed by atoms with E-state index in [4.69, 9.17) is 11.5 Å². The van der Waals surface area contributed by atoms with Gasteiger partial charge in [0, 0.05) is 18.2 Å². The molecule has 0 unspecified atom stereocenters. The lowest BCUT2D eigenvalue weighted by Crippen LogP contribution is -2.22. The lowest BCUT2D eigenvalue weighted by atomic mass is 10.1. The fourth-order valence-corrected chi connectivity index (χ4v) is 1.37. The average Bonchev–Trinajstić information content (AvgIpc) is 2.12. The number of rotatable bonds is 2. The number of aromatic hydroxyl groups is 1. The Balaban J connectivity index is 3.25. The maximum absolute atomic E-state index is 13.2. The summed E-state index contributed by atoms with van der Waals surface area (Å²) in [5.41, 5.74) is 10.8. The molecule has 3 nitrogen and oxygen atoms in total. The van der Waals surface area contributed by atoms with E-state index in [2.05, 4.69) is 15.9 Å². The molecule has 0 aromatic heterocycles. The lowest BCUT2D eigenvalue weighted by molar-refractivity contribution is 0.446. The molecule has 0 aliphatic heterocycles. The maximum Gasteiger partial charge on any atom is 0.137 e. The first-order valence-corrected chi connectivity index (χ1v) is 4.49. The van der Waals surface area contributed by atoms with Crippen LogP contribution < -0.4 is 11.5 Å². The molecule has 0 heterocycles. The summed E-state index contributed by atoms with van der Waals surface area (Å²) < 4.78 is 13.6. The van der Waals surface area contributed by atoms with Crippen LogP contribution in [0.5, 0.6) is 5.75 Å². The van der Waals surface area contributed by atoms with Crippen molar-refractivity contribution in [2.75, 3.05) is 6.54 Å². The van der Waals surface area contributed by atoms with Gasteiger partial charge < -0.3 is 16.6 Å². The van der Waals surface area contributed by atoms with Crippen molar-refractivity contribution in [3.05, 3.63) is 28.0 Å². The Kier molecular flexibility index (Phi) is 3.24. The van der Waals surface area contributed by atoms with Crippen molar-refractivity contribution in [2.45, 2.75) is 6.04 Å². The summed E-state index contributed by atoms with van der Waals surface area (Å²) in [6.07, 6.45) is 0. The first kappa shape index (κ1) is 10.4. The maximum atomic E-state index is 13.2. The summed E-state index contributed by atoms with van der Waals surface area (Å²) in [4.78, 5) is 0. The number of nitrogens with two attached hydrogens (primary N) is 2. The molecule has 0 radical (unpaired) electrons. The minimum absolute atomic E-state index is 0.0527. The zero-order valence-corrected chi connectivity index (χ0v) is 8.38. The molecule has 0 aliphatic carbocycles. The SMILES string of the molecule is NC[C@H](N)c1c(F)ccc(Br)c1O. The molecule has 0 fully saturated rings. The van der Waals surface area contributed by atoms with Gasteiger partial charge in [0.05, 0.1) is 4.47 Å². The molecule has 0 saturated heterocycles. The summed E-state index contributed by atoms with van der Waals surface area (Å²) in [5, 5.41) is 9.46. The molecule has 1 aromatic rings. The van der Waals surface area contributed by atoms with Crippen LogP contribution in [0.4, 0.5) is 4.39 Å². The molecule has 0 saturated carbocycles. The second-order valence-electron chi connectivity index (χ2n) is 2.63. The van der Waals surface area contributed by atoms with Gasteiger partial charge in [-0.05, 0) is 28.1 Å². The number of phenols is 1. The fourth-order valence-electron chi connectivity index (χ4n) is 1.03. The molecule has 0 bridgehead atoms. The van der Waals surface area contributed by atoms with Crippen molar-refractivity contribution in [1.82, 2.24) is 0 Å². The van der Waals surface area contributed by atoms with E-state index >= 15 is 0 Å². The average molecular weight is 249 g/mol. The fraction of sp³-hybridized carbons (Fsp3) is 0.250. The molecule has 1 aromatic carbocycles. The van der Waals surface area contributed by atoms with E-state index in [1.54, 1.807) is 0 Å². The lowest BCUT2D eigenvalue weighted by Gasteiger charge is -2.12. The van der Waals surface area contributed by atoms with Crippen LogP contribution in [0.1, 0.15) is 11.6 Å². The summed E-state index contributed by atoms with van der Waals surface area (Å²) in [7, 11) is 0. The summed E-state index contributed by atoms with van der Waals surface area (Å²) >= 11 is 3.06. The number of halogens is 2. The van der Waals surface area contributed by atoms with Gasteiger partial charge in [0.2, 0.25) is 0 Å². The Morgan fingerprint density at radius 3 is 2.69 bits per heavy atom. The second-order valence-corrected chi connectivity index (χ2v) is 3.49. The van der Waals surface area contributed by atoms with Crippen LogP contribution in [-0.4, -0.2) is 11.7 Å². The molecule has 13 heavy (non-hydrogen) atoms. The number of hydrogen-bond acceptors (Lipinski definition) is 3. The standard InChI is InChI=1S/C8H10BrFN2O/c9-4-1-2-5(10)7(8(4)13)6(12)3-11/h1-2,6,13H,3,11-12H2/t6-/m0/s1. The highest BCUT2D eigenvalue weighted by Crippen LogP contribution is 2.32. The first-order chi connectivity index (χ1) is 6.07. The largest absolute Gasteiger partial charge is 0.506 e. The van der Waals surface area contributed by atoms with E-state index in [0.717, 1.165) is 0 Å². The van der Waals surface area contributed by atoms with E-state index in [9.17, 15) is 9.50 Å². The molecule has 72 valence electrons. The third kappa shape index (κ3) is 1.99. The van der Waals surface area contributed by atoms with Crippen molar-refractivity contribution >= 4 is 15.9 Å². The number of phenolic OH excluding ortho intramolecular Hbond substituents is 1. The highest BCUT2D eigenvalue weighted by atomic mass is 79.9. The van der Waals surface area contributed by atoms with Crippen LogP contribution in [0.2, 0.25) is 0 Å². The molecular weight excluding hydrogens is 239 g/mol. The predicted molar refractivity (Wildman–Crippen MR) is 51.7 cm³/mol. The first-order valence-electron chi connectivity index (χ1n) is 3.70. The highest BCUT2D eigenvalue weighted by Gasteiger charge is 2.16. The van der Waals surface area contributed by atoms with Crippen LogP contribution in [0, 0.1) is 5.82 Å². The summed E-state index contributed by atoms with van der Waals surface area (Å²) in [5.74, 6) is -0.725. The minimum atomic E-state index is -0.683. The minimum Gasteiger partial charge on any atom is -0.506 e. The van der Waals surface area contributed by atoms with Gasteiger partial charge in [0.15, 0.2) is 0 Å². The van der Waals surface area contributed by atoms with Gasteiger partial charge in [-0.3, -0.25) is 0 Å². The van der Waals surface area contributed by atoms with Crippen molar-refractivity contribution < 1.29 is 9.50 Å². The highest BCUT2D eigenvalue weighted by molar-refractivity contribution is 9.10. The Hall–Kier alpha value is -0.650. The second kappa shape index (κ2) is 4.04. The Morgan fingerprint density at radius 2 is 2.15 bits per heavy atom. The van der Waals surface area contributed by atoms with Crippen LogP contribution in [0.15, 0.2) is 16.6 Å². The van der Waals surface area contributed by atoms with Crippen molar-refractivity contribution in [2.24, 2.45) is 11.5 Å². The van der Waals surface area contributed by atoms with Crippen molar-refractivity contribution in [1.29, 1.82) is 0 Å². The Labute approximate surface area is 83.7 Å². The Morgan fingerprint density at radius 1 is 1.54 bits per heavy atom. The van der Waals surface area contributed by atoms with Crippen LogP contribution >= 0.6 is 15.9 Å². The number of hydrogen-bond donors (Lipinski definition) is 3. The van der Waals surface area contributed by atoms with E-state index in [-0.39, 0.29) is 17.9 Å². The molecule has 5 heteroatoms. The zero-order chi connectivity index (χ0) is 10.0. The van der Waals surface area contributed by atoms with Gasteiger partial charge in [0.25, 0.3) is 0 Å². The third-order valence-corrected chi connectivity index (χ3v) is 2.38. The van der Waals surface area contributed by atoms with Gasteiger partial charge in [-0.2, -0.15) is 0 Å². The molecule has 5 N–H and O–H groups in total.